The predicted octanol–water partition coefficient (Wildman–Crippen LogP) is 2.20. The predicted molar refractivity (Wildman–Crippen MR) is 81.3 cm³/mol. The minimum Gasteiger partial charge on any atom is -0.399 e. The first kappa shape index (κ1) is 15.3. The number of nitrogens with two attached hydrogens (primary N) is 1. The number of nitrogens with zero attached hydrogens (tertiary/aromatic N) is 1. The Morgan fingerprint density at radius 3 is 2.52 bits per heavy atom. The fourth-order valence-corrected chi connectivity index (χ4v) is 2.67. The molecule has 21 heavy (non-hydrogen) atoms. The molecule has 2 aromatic carbocycles. The van der Waals surface area contributed by atoms with E-state index in [0.717, 1.165) is 15.9 Å². The highest BCUT2D eigenvalue weighted by Gasteiger charge is 2.19. The lowest BCUT2D eigenvalue weighted by Crippen LogP contribution is -2.32. The van der Waals surface area contributed by atoms with E-state index in [2.05, 4.69) is 4.72 Å². The topological polar surface area (TPSA) is 75.4 Å². The van der Waals surface area contributed by atoms with Gasteiger partial charge >= 0.3 is 10.2 Å². The molecule has 0 saturated heterocycles. The fourth-order valence-electron chi connectivity index (χ4n) is 1.76. The quantitative estimate of drug-likeness (QED) is 0.831. The summed E-state index contributed by atoms with van der Waals surface area (Å²) in [4.78, 5) is 0. The number of nitrogen functional groups attached to an aromatic ring is 1. The normalized spacial score (nSPS) is 11.6. The summed E-state index contributed by atoms with van der Waals surface area (Å²) < 4.78 is 41.2. The second-order valence-corrected chi connectivity index (χ2v) is 6.37. The van der Waals surface area contributed by atoms with Crippen LogP contribution in [0.5, 0.6) is 0 Å². The Morgan fingerprint density at radius 1 is 1.19 bits per heavy atom. The molecule has 5 nitrogen and oxygen atoms in total. The first-order valence-corrected chi connectivity index (χ1v) is 7.65. The minimum absolute atomic E-state index is 0.171. The summed E-state index contributed by atoms with van der Waals surface area (Å²) >= 11 is 0. The van der Waals surface area contributed by atoms with E-state index in [1.54, 1.807) is 0 Å². The van der Waals surface area contributed by atoms with Crippen LogP contribution in [0.25, 0.3) is 0 Å². The van der Waals surface area contributed by atoms with Gasteiger partial charge in [-0.15, -0.1) is 0 Å². The van der Waals surface area contributed by atoms with Crippen LogP contribution < -0.4 is 10.5 Å². The standard InChI is InChI=1S/C14H16FN3O2S/c1-18(10-11-5-3-2-4-6-11)21(19,20)17-14-9-12(16)7-8-13(14)15/h2-9,17H,10,16H2,1H3. The number of hydrogen-bond donors (Lipinski definition) is 2. The molecule has 3 N–H and O–H groups in total. The van der Waals surface area contributed by atoms with E-state index in [1.165, 1.54) is 19.2 Å². The van der Waals surface area contributed by atoms with Crippen molar-refractivity contribution in [3.63, 3.8) is 0 Å². The zero-order valence-electron chi connectivity index (χ0n) is 11.5. The number of nitrogens with one attached hydrogen (secondary N) is 1. The molecule has 0 atom stereocenters. The Balaban J connectivity index is 2.16. The molecule has 0 fully saturated rings. The van der Waals surface area contributed by atoms with E-state index in [0.29, 0.717) is 0 Å². The van der Waals surface area contributed by atoms with Gasteiger partial charge in [0.2, 0.25) is 0 Å². The summed E-state index contributed by atoms with van der Waals surface area (Å²) in [5.74, 6) is -0.680. The van der Waals surface area contributed by atoms with E-state index in [-0.39, 0.29) is 17.9 Å². The van der Waals surface area contributed by atoms with Gasteiger partial charge in [-0.1, -0.05) is 30.3 Å². The Labute approximate surface area is 123 Å². The first-order chi connectivity index (χ1) is 9.88. The van der Waals surface area contributed by atoms with Crippen LogP contribution in [0.2, 0.25) is 0 Å². The molecule has 0 aromatic heterocycles. The molecule has 0 aliphatic carbocycles. The molecule has 0 aliphatic rings. The zero-order chi connectivity index (χ0) is 15.5. The molecule has 2 aromatic rings. The highest BCUT2D eigenvalue weighted by atomic mass is 32.2. The van der Waals surface area contributed by atoms with Gasteiger partial charge in [0, 0.05) is 19.3 Å². The maximum Gasteiger partial charge on any atom is 0.301 e. The maximum absolute atomic E-state index is 13.6. The summed E-state index contributed by atoms with van der Waals surface area (Å²) in [7, 11) is -2.45. The van der Waals surface area contributed by atoms with Crippen LogP contribution in [0.4, 0.5) is 15.8 Å². The molecule has 0 radical (unpaired) electrons. The summed E-state index contributed by atoms with van der Waals surface area (Å²) in [5, 5.41) is 0. The van der Waals surface area contributed by atoms with Crippen LogP contribution in [0.1, 0.15) is 5.56 Å². The molecular weight excluding hydrogens is 293 g/mol. The summed E-state index contributed by atoms with van der Waals surface area (Å²) in [6.07, 6.45) is 0. The van der Waals surface area contributed by atoms with Gasteiger partial charge in [-0.25, -0.2) is 4.39 Å². The van der Waals surface area contributed by atoms with Crippen molar-refractivity contribution in [2.24, 2.45) is 0 Å². The summed E-state index contributed by atoms with van der Waals surface area (Å²) in [6.45, 7) is 0.181. The van der Waals surface area contributed by atoms with Crippen molar-refractivity contribution in [2.45, 2.75) is 6.54 Å². The van der Waals surface area contributed by atoms with Gasteiger partial charge in [0.1, 0.15) is 5.82 Å². The van der Waals surface area contributed by atoms with Crippen molar-refractivity contribution < 1.29 is 12.8 Å². The highest BCUT2D eigenvalue weighted by Crippen LogP contribution is 2.20. The van der Waals surface area contributed by atoms with Crippen molar-refractivity contribution in [1.82, 2.24) is 4.31 Å². The second kappa shape index (κ2) is 6.11. The van der Waals surface area contributed by atoms with Crippen LogP contribution in [-0.4, -0.2) is 19.8 Å². The minimum atomic E-state index is -3.86. The number of hydrogen-bond acceptors (Lipinski definition) is 3. The SMILES string of the molecule is CN(Cc1ccccc1)S(=O)(=O)Nc1cc(N)ccc1F. The Bertz CT molecular complexity index is 720. The van der Waals surface area contributed by atoms with Crippen LogP contribution in [-0.2, 0) is 16.8 Å². The van der Waals surface area contributed by atoms with Gasteiger partial charge in [0.15, 0.2) is 0 Å². The molecule has 0 aliphatic heterocycles. The zero-order valence-corrected chi connectivity index (χ0v) is 12.3. The smallest absolute Gasteiger partial charge is 0.301 e. The number of rotatable bonds is 5. The number of halogens is 1. The lowest BCUT2D eigenvalue weighted by Gasteiger charge is -2.18. The Kier molecular flexibility index (Phi) is 4.44. The molecule has 2 rings (SSSR count). The highest BCUT2D eigenvalue weighted by molar-refractivity contribution is 7.90. The largest absolute Gasteiger partial charge is 0.399 e. The molecule has 0 amide bonds. The van der Waals surface area contributed by atoms with Gasteiger partial charge in [-0.2, -0.15) is 12.7 Å². The first-order valence-electron chi connectivity index (χ1n) is 6.21. The summed E-state index contributed by atoms with van der Waals surface area (Å²) in [5.41, 5.74) is 6.47. The van der Waals surface area contributed by atoms with E-state index in [1.807, 2.05) is 30.3 Å². The maximum atomic E-state index is 13.6. The lowest BCUT2D eigenvalue weighted by atomic mass is 10.2. The van der Waals surface area contributed by atoms with E-state index < -0.39 is 16.0 Å². The third-order valence-electron chi connectivity index (χ3n) is 2.89. The molecule has 7 heteroatoms. The number of benzene rings is 2. The van der Waals surface area contributed by atoms with Crippen LogP contribution in [0.15, 0.2) is 48.5 Å². The van der Waals surface area contributed by atoms with Crippen LogP contribution in [0, 0.1) is 5.82 Å². The summed E-state index contributed by atoms with van der Waals surface area (Å²) in [6, 6.07) is 12.8. The third-order valence-corrected chi connectivity index (χ3v) is 4.32. The molecule has 0 bridgehead atoms. The van der Waals surface area contributed by atoms with E-state index in [4.69, 9.17) is 5.73 Å². The Hall–Kier alpha value is -2.12. The van der Waals surface area contributed by atoms with Crippen molar-refractivity contribution in [2.75, 3.05) is 17.5 Å². The molecule has 0 spiro atoms. The Morgan fingerprint density at radius 2 is 1.86 bits per heavy atom. The van der Waals surface area contributed by atoms with Gasteiger partial charge < -0.3 is 5.73 Å². The number of anilines is 2. The van der Waals surface area contributed by atoms with E-state index >= 15 is 0 Å². The van der Waals surface area contributed by atoms with Crippen molar-refractivity contribution in [3.8, 4) is 0 Å². The van der Waals surface area contributed by atoms with Gasteiger partial charge in [-0.3, -0.25) is 4.72 Å². The van der Waals surface area contributed by atoms with Crippen molar-refractivity contribution in [1.29, 1.82) is 0 Å². The molecule has 112 valence electrons. The van der Waals surface area contributed by atoms with E-state index in [9.17, 15) is 12.8 Å². The van der Waals surface area contributed by atoms with Gasteiger partial charge in [-0.05, 0) is 23.8 Å². The van der Waals surface area contributed by atoms with Crippen LogP contribution in [0.3, 0.4) is 0 Å². The molecule has 0 saturated carbocycles. The fraction of sp³-hybridized carbons (Fsp3) is 0.143. The molecular formula is C14H16FN3O2S. The molecule has 0 unspecified atom stereocenters. The second-order valence-electron chi connectivity index (χ2n) is 4.59. The molecule has 0 heterocycles. The van der Waals surface area contributed by atoms with Gasteiger partial charge in [0.25, 0.3) is 0 Å². The van der Waals surface area contributed by atoms with Crippen molar-refractivity contribution >= 4 is 21.6 Å². The van der Waals surface area contributed by atoms with Crippen LogP contribution >= 0.6 is 0 Å². The third kappa shape index (κ3) is 3.93. The average molecular weight is 309 g/mol. The van der Waals surface area contributed by atoms with Gasteiger partial charge in [0.05, 0.1) is 5.69 Å². The monoisotopic (exact) mass is 309 g/mol. The lowest BCUT2D eigenvalue weighted by molar-refractivity contribution is 0.471. The van der Waals surface area contributed by atoms with Crippen molar-refractivity contribution in [3.05, 3.63) is 59.9 Å². The average Bonchev–Trinajstić information content (AvgIpc) is 2.43.